The Kier molecular flexibility index (Phi) is 4.25. The van der Waals surface area contributed by atoms with Gasteiger partial charge in [-0.3, -0.25) is 4.98 Å². The highest BCUT2D eigenvalue weighted by atomic mass is 79.9. The van der Waals surface area contributed by atoms with Gasteiger partial charge in [0.05, 0.1) is 4.47 Å². The summed E-state index contributed by atoms with van der Waals surface area (Å²) < 4.78 is 0.867. The molecule has 4 nitrogen and oxygen atoms in total. The molecule has 0 bridgehead atoms. The van der Waals surface area contributed by atoms with E-state index in [1.165, 1.54) is 0 Å². The van der Waals surface area contributed by atoms with Gasteiger partial charge in [0.15, 0.2) is 5.82 Å². The Morgan fingerprint density at radius 3 is 2.72 bits per heavy atom. The Hall–Kier alpha value is -1.49. The van der Waals surface area contributed by atoms with Gasteiger partial charge in [-0.1, -0.05) is 13.0 Å². The van der Waals surface area contributed by atoms with Crippen molar-refractivity contribution in [3.8, 4) is 11.5 Å². The summed E-state index contributed by atoms with van der Waals surface area (Å²) in [5.41, 5.74) is 1.91. The lowest BCUT2D eigenvalue weighted by Crippen LogP contribution is -2.04. The molecule has 0 unspecified atom stereocenters. The Morgan fingerprint density at radius 1 is 1.22 bits per heavy atom. The molecule has 0 saturated carbocycles. The number of nitrogens with zero attached hydrogens (tertiary/aromatic N) is 3. The van der Waals surface area contributed by atoms with Gasteiger partial charge in [0, 0.05) is 18.9 Å². The van der Waals surface area contributed by atoms with Gasteiger partial charge < -0.3 is 5.32 Å². The number of anilines is 1. The van der Waals surface area contributed by atoms with Crippen molar-refractivity contribution in [3.05, 3.63) is 34.6 Å². The van der Waals surface area contributed by atoms with Gasteiger partial charge in [0.1, 0.15) is 11.5 Å². The van der Waals surface area contributed by atoms with Crippen LogP contribution in [0.2, 0.25) is 0 Å². The molecule has 0 fully saturated rings. The average Bonchev–Trinajstić information content (AvgIpc) is 2.39. The fourth-order valence-corrected chi connectivity index (χ4v) is 1.79. The lowest BCUT2D eigenvalue weighted by Gasteiger charge is -2.07. The van der Waals surface area contributed by atoms with Crippen LogP contribution in [0, 0.1) is 6.92 Å². The molecule has 94 valence electrons. The van der Waals surface area contributed by atoms with Gasteiger partial charge in [-0.2, -0.15) is 0 Å². The van der Waals surface area contributed by atoms with Crippen molar-refractivity contribution in [2.45, 2.75) is 20.3 Å². The minimum absolute atomic E-state index is 0.636. The molecule has 0 aliphatic carbocycles. The first-order valence-corrected chi connectivity index (χ1v) is 6.69. The first-order chi connectivity index (χ1) is 8.70. The quantitative estimate of drug-likeness (QED) is 0.940. The highest BCUT2D eigenvalue weighted by Crippen LogP contribution is 2.22. The summed E-state index contributed by atoms with van der Waals surface area (Å²) in [4.78, 5) is 13.1. The molecule has 18 heavy (non-hydrogen) atoms. The molecular weight excluding hydrogens is 292 g/mol. The van der Waals surface area contributed by atoms with E-state index in [0.29, 0.717) is 5.82 Å². The van der Waals surface area contributed by atoms with Crippen molar-refractivity contribution >= 4 is 21.7 Å². The Balaban J connectivity index is 2.31. The van der Waals surface area contributed by atoms with Crippen LogP contribution in [0.15, 0.2) is 29.0 Å². The fraction of sp³-hybridized carbons (Fsp3) is 0.308. The van der Waals surface area contributed by atoms with E-state index >= 15 is 0 Å². The molecule has 2 rings (SSSR count). The molecule has 2 heterocycles. The van der Waals surface area contributed by atoms with Crippen LogP contribution >= 0.6 is 15.9 Å². The molecule has 0 saturated heterocycles. The summed E-state index contributed by atoms with van der Waals surface area (Å²) in [6.45, 7) is 5.01. The van der Waals surface area contributed by atoms with Gasteiger partial charge >= 0.3 is 0 Å². The van der Waals surface area contributed by atoms with Gasteiger partial charge in [-0.05, 0) is 40.9 Å². The molecule has 2 aromatic heterocycles. The summed E-state index contributed by atoms with van der Waals surface area (Å²) in [5, 5.41) is 3.26. The maximum absolute atomic E-state index is 4.48. The van der Waals surface area contributed by atoms with E-state index in [-0.39, 0.29) is 0 Å². The highest BCUT2D eigenvalue weighted by molar-refractivity contribution is 9.10. The molecule has 0 aliphatic heterocycles. The van der Waals surface area contributed by atoms with Crippen LogP contribution in [0.25, 0.3) is 11.5 Å². The lowest BCUT2D eigenvalue weighted by atomic mass is 10.2. The van der Waals surface area contributed by atoms with Gasteiger partial charge in [0.2, 0.25) is 0 Å². The largest absolute Gasteiger partial charge is 0.369 e. The monoisotopic (exact) mass is 306 g/mol. The minimum atomic E-state index is 0.636. The van der Waals surface area contributed by atoms with Crippen molar-refractivity contribution in [1.82, 2.24) is 15.0 Å². The number of halogens is 1. The zero-order valence-electron chi connectivity index (χ0n) is 10.4. The van der Waals surface area contributed by atoms with E-state index in [9.17, 15) is 0 Å². The van der Waals surface area contributed by atoms with Crippen LogP contribution in [-0.4, -0.2) is 21.5 Å². The Labute approximate surface area is 115 Å². The van der Waals surface area contributed by atoms with Crippen molar-refractivity contribution < 1.29 is 0 Å². The molecule has 0 amide bonds. The van der Waals surface area contributed by atoms with E-state index < -0.39 is 0 Å². The third kappa shape index (κ3) is 3.04. The summed E-state index contributed by atoms with van der Waals surface area (Å²) in [6.07, 6.45) is 4.62. The molecule has 0 aliphatic rings. The highest BCUT2D eigenvalue weighted by Gasteiger charge is 2.07. The molecule has 0 spiro atoms. The second-order valence-electron chi connectivity index (χ2n) is 4.04. The normalized spacial score (nSPS) is 10.4. The summed E-state index contributed by atoms with van der Waals surface area (Å²) >= 11 is 3.44. The lowest BCUT2D eigenvalue weighted by molar-refractivity contribution is 0.962. The number of nitrogens with one attached hydrogen (secondary N) is 1. The second-order valence-corrected chi connectivity index (χ2v) is 4.89. The summed E-state index contributed by atoms with van der Waals surface area (Å²) in [5.74, 6) is 1.45. The van der Waals surface area contributed by atoms with E-state index in [1.54, 1.807) is 6.20 Å². The second kappa shape index (κ2) is 5.91. The van der Waals surface area contributed by atoms with Crippen LogP contribution in [0.3, 0.4) is 0 Å². The van der Waals surface area contributed by atoms with Crippen LogP contribution < -0.4 is 5.32 Å². The number of rotatable bonds is 4. The first kappa shape index (κ1) is 13.0. The number of aryl methyl sites for hydroxylation is 1. The Morgan fingerprint density at radius 2 is 2.06 bits per heavy atom. The number of hydrogen-bond donors (Lipinski definition) is 1. The SMILES string of the molecule is CCCNc1nc(-c2ccc(C)cn2)ncc1Br. The summed E-state index contributed by atoms with van der Waals surface area (Å²) in [7, 11) is 0. The van der Waals surface area contributed by atoms with E-state index in [0.717, 1.165) is 34.5 Å². The van der Waals surface area contributed by atoms with Crippen molar-refractivity contribution in [2.24, 2.45) is 0 Å². The van der Waals surface area contributed by atoms with Gasteiger partial charge in [-0.15, -0.1) is 0 Å². The topological polar surface area (TPSA) is 50.7 Å². The minimum Gasteiger partial charge on any atom is -0.369 e. The molecular formula is C13H15BrN4. The van der Waals surface area contributed by atoms with Gasteiger partial charge in [0.25, 0.3) is 0 Å². The smallest absolute Gasteiger partial charge is 0.180 e. The van der Waals surface area contributed by atoms with Crippen LogP contribution in [0.5, 0.6) is 0 Å². The van der Waals surface area contributed by atoms with E-state index in [4.69, 9.17) is 0 Å². The molecule has 2 aromatic rings. The maximum Gasteiger partial charge on any atom is 0.180 e. The predicted octanol–water partition coefficient (Wildman–Crippen LogP) is 3.43. The predicted molar refractivity (Wildman–Crippen MR) is 76.5 cm³/mol. The zero-order valence-corrected chi connectivity index (χ0v) is 12.0. The van der Waals surface area contributed by atoms with Crippen LogP contribution in [0.1, 0.15) is 18.9 Å². The molecule has 0 radical (unpaired) electrons. The zero-order chi connectivity index (χ0) is 13.0. The third-order valence-electron chi connectivity index (χ3n) is 2.43. The molecule has 0 aromatic carbocycles. The Bertz CT molecular complexity index is 525. The van der Waals surface area contributed by atoms with E-state index in [1.807, 2.05) is 25.3 Å². The maximum atomic E-state index is 4.48. The van der Waals surface area contributed by atoms with Crippen molar-refractivity contribution in [1.29, 1.82) is 0 Å². The van der Waals surface area contributed by atoms with Crippen molar-refractivity contribution in [2.75, 3.05) is 11.9 Å². The van der Waals surface area contributed by atoms with Crippen molar-refractivity contribution in [3.63, 3.8) is 0 Å². The van der Waals surface area contributed by atoms with E-state index in [2.05, 4.69) is 43.1 Å². The van der Waals surface area contributed by atoms with Crippen LogP contribution in [0.4, 0.5) is 5.82 Å². The number of aromatic nitrogens is 3. The molecule has 1 N–H and O–H groups in total. The first-order valence-electron chi connectivity index (χ1n) is 5.90. The molecule has 0 atom stereocenters. The van der Waals surface area contributed by atoms with Gasteiger partial charge in [-0.25, -0.2) is 9.97 Å². The van der Waals surface area contributed by atoms with Crippen LogP contribution in [-0.2, 0) is 0 Å². The number of pyridine rings is 1. The third-order valence-corrected chi connectivity index (χ3v) is 3.01. The average molecular weight is 307 g/mol. The summed E-state index contributed by atoms with van der Waals surface area (Å²) in [6, 6.07) is 3.94. The number of hydrogen-bond acceptors (Lipinski definition) is 4. The standard InChI is InChI=1S/C13H15BrN4/c1-3-6-15-12-10(14)8-17-13(18-12)11-5-4-9(2)7-16-11/h4-5,7-8H,3,6H2,1-2H3,(H,15,17,18). The fourth-order valence-electron chi connectivity index (χ4n) is 1.46. The molecule has 5 heteroatoms.